The van der Waals surface area contributed by atoms with E-state index in [1.807, 2.05) is 0 Å². The van der Waals surface area contributed by atoms with Gasteiger partial charge in [0.2, 0.25) is 5.92 Å². The first-order valence-corrected chi connectivity index (χ1v) is 6.87. The fourth-order valence-corrected chi connectivity index (χ4v) is 4.75. The molecule has 1 saturated heterocycles. The number of sulfone groups is 1. The number of rotatable bonds is 2. The molecule has 1 aliphatic carbocycles. The van der Waals surface area contributed by atoms with E-state index >= 15 is 0 Å². The number of hydrogen-bond donors (Lipinski definition) is 2. The molecular weight excluding hydrogens is 242 g/mol. The Labute approximate surface area is 92.2 Å². The molecule has 0 amide bonds. The molecule has 16 heavy (non-hydrogen) atoms. The van der Waals surface area contributed by atoms with Crippen LogP contribution in [-0.2, 0) is 9.84 Å². The Bertz CT molecular complexity index is 398. The average Bonchev–Trinajstić information content (AvgIpc) is 2.37. The van der Waals surface area contributed by atoms with E-state index in [9.17, 15) is 27.4 Å². The van der Waals surface area contributed by atoms with Crippen molar-refractivity contribution in [1.82, 2.24) is 0 Å². The minimum atomic E-state index is -3.37. The lowest BCUT2D eigenvalue weighted by molar-refractivity contribution is -0.244. The molecule has 94 valence electrons. The number of aliphatic hydroxyl groups is 2. The summed E-state index contributed by atoms with van der Waals surface area (Å²) in [6.07, 6.45) is -1.34. The van der Waals surface area contributed by atoms with Crippen LogP contribution in [0.15, 0.2) is 0 Å². The van der Waals surface area contributed by atoms with Gasteiger partial charge in [0.1, 0.15) is 0 Å². The van der Waals surface area contributed by atoms with E-state index in [2.05, 4.69) is 0 Å². The zero-order valence-corrected chi connectivity index (χ0v) is 9.43. The quantitative estimate of drug-likeness (QED) is 0.726. The summed E-state index contributed by atoms with van der Waals surface area (Å²) in [5, 5.41) is 19.3. The molecule has 2 aliphatic rings. The molecule has 2 N–H and O–H groups in total. The Balaban J connectivity index is 2.24. The highest BCUT2D eigenvalue weighted by atomic mass is 32.2. The Morgan fingerprint density at radius 3 is 2.12 bits per heavy atom. The van der Waals surface area contributed by atoms with Gasteiger partial charge >= 0.3 is 0 Å². The highest BCUT2D eigenvalue weighted by Gasteiger charge is 2.67. The lowest BCUT2D eigenvalue weighted by Gasteiger charge is -2.53. The van der Waals surface area contributed by atoms with Gasteiger partial charge in [-0.25, -0.2) is 17.2 Å². The SMILES string of the molecule is O=S1(=O)CCC(O)(C2(CO)CC(F)(F)C2)C1. The van der Waals surface area contributed by atoms with Crippen LogP contribution >= 0.6 is 0 Å². The molecule has 0 spiro atoms. The van der Waals surface area contributed by atoms with Gasteiger partial charge in [-0.1, -0.05) is 0 Å². The summed E-state index contributed by atoms with van der Waals surface area (Å²) >= 11 is 0. The molecule has 2 fully saturated rings. The largest absolute Gasteiger partial charge is 0.396 e. The maximum atomic E-state index is 12.9. The smallest absolute Gasteiger partial charge is 0.249 e. The Kier molecular flexibility index (Phi) is 2.39. The summed E-state index contributed by atoms with van der Waals surface area (Å²) in [7, 11) is -3.37. The van der Waals surface area contributed by atoms with E-state index in [0.717, 1.165) is 0 Å². The summed E-state index contributed by atoms with van der Waals surface area (Å²) in [5.41, 5.74) is -3.04. The van der Waals surface area contributed by atoms with Gasteiger partial charge in [0, 0.05) is 18.3 Å². The van der Waals surface area contributed by atoms with Gasteiger partial charge in [-0.15, -0.1) is 0 Å². The maximum Gasteiger partial charge on any atom is 0.249 e. The van der Waals surface area contributed by atoms with Crippen molar-refractivity contribution >= 4 is 9.84 Å². The molecule has 4 nitrogen and oxygen atoms in total. The normalized spacial score (nSPS) is 39.2. The van der Waals surface area contributed by atoms with E-state index in [1.165, 1.54) is 0 Å². The second kappa shape index (κ2) is 3.14. The Morgan fingerprint density at radius 2 is 1.81 bits per heavy atom. The van der Waals surface area contributed by atoms with Gasteiger partial charge in [0.15, 0.2) is 9.84 Å². The molecule has 1 heterocycles. The van der Waals surface area contributed by atoms with Crippen molar-refractivity contribution in [1.29, 1.82) is 0 Å². The molecule has 0 aromatic rings. The number of aliphatic hydroxyl groups excluding tert-OH is 1. The second-order valence-corrected chi connectivity index (χ2v) is 7.21. The van der Waals surface area contributed by atoms with Crippen LogP contribution in [0.4, 0.5) is 8.78 Å². The average molecular weight is 256 g/mol. The van der Waals surface area contributed by atoms with Crippen LogP contribution < -0.4 is 0 Å². The third kappa shape index (κ3) is 1.65. The minimum Gasteiger partial charge on any atom is -0.396 e. The summed E-state index contributed by atoms with van der Waals surface area (Å²) in [4.78, 5) is 0. The standard InChI is InChI=1S/C9H14F2O4S/c10-9(11)3-7(4-9,5-12)8(13)1-2-16(14,15)6-8/h12-13H,1-6H2. The van der Waals surface area contributed by atoms with E-state index in [0.29, 0.717) is 0 Å². The molecule has 0 bridgehead atoms. The minimum absolute atomic E-state index is 0.0635. The fraction of sp³-hybridized carbons (Fsp3) is 1.00. The monoisotopic (exact) mass is 256 g/mol. The molecule has 0 radical (unpaired) electrons. The molecule has 1 saturated carbocycles. The van der Waals surface area contributed by atoms with Crippen LogP contribution in [0, 0.1) is 5.41 Å². The van der Waals surface area contributed by atoms with Crippen LogP contribution in [0.1, 0.15) is 19.3 Å². The Hall–Kier alpha value is -0.270. The first-order chi connectivity index (χ1) is 7.14. The van der Waals surface area contributed by atoms with Crippen LogP contribution in [0.3, 0.4) is 0 Å². The van der Waals surface area contributed by atoms with Crippen LogP contribution in [0.2, 0.25) is 0 Å². The van der Waals surface area contributed by atoms with Crippen molar-refractivity contribution in [3.63, 3.8) is 0 Å². The first-order valence-electron chi connectivity index (χ1n) is 5.05. The van der Waals surface area contributed by atoms with Crippen LogP contribution in [0.25, 0.3) is 0 Å². The van der Waals surface area contributed by atoms with Crippen molar-refractivity contribution in [2.75, 3.05) is 18.1 Å². The first kappa shape index (κ1) is 12.2. The second-order valence-electron chi connectivity index (χ2n) is 5.02. The number of alkyl halides is 2. The number of halogens is 2. The van der Waals surface area contributed by atoms with Crippen LogP contribution in [0.5, 0.6) is 0 Å². The predicted octanol–water partition coefficient (Wildman–Crippen LogP) is -0.0562. The molecular formula is C9H14F2O4S. The highest BCUT2D eigenvalue weighted by Crippen LogP contribution is 2.59. The van der Waals surface area contributed by atoms with Gasteiger partial charge in [0.25, 0.3) is 0 Å². The summed E-state index contributed by atoms with van der Waals surface area (Å²) in [6, 6.07) is 0. The molecule has 7 heteroatoms. The number of hydrogen-bond acceptors (Lipinski definition) is 4. The third-order valence-electron chi connectivity index (χ3n) is 3.77. The van der Waals surface area contributed by atoms with Gasteiger partial charge in [0.05, 0.1) is 23.7 Å². The van der Waals surface area contributed by atoms with Crippen molar-refractivity contribution in [3.05, 3.63) is 0 Å². The Morgan fingerprint density at radius 1 is 1.25 bits per heavy atom. The molecule has 1 unspecified atom stereocenters. The summed E-state index contributed by atoms with van der Waals surface area (Å²) < 4.78 is 48.3. The summed E-state index contributed by atoms with van der Waals surface area (Å²) in [6.45, 7) is -0.603. The van der Waals surface area contributed by atoms with Gasteiger partial charge in [-0.3, -0.25) is 0 Å². The fourth-order valence-electron chi connectivity index (χ4n) is 2.78. The zero-order valence-electron chi connectivity index (χ0n) is 8.62. The highest BCUT2D eigenvalue weighted by molar-refractivity contribution is 7.91. The van der Waals surface area contributed by atoms with E-state index in [1.54, 1.807) is 0 Å². The molecule has 1 atom stereocenters. The zero-order chi connectivity index (χ0) is 12.2. The molecule has 1 aliphatic heterocycles. The molecule has 0 aromatic heterocycles. The van der Waals surface area contributed by atoms with E-state index in [4.69, 9.17) is 0 Å². The van der Waals surface area contributed by atoms with Crippen molar-refractivity contribution in [2.24, 2.45) is 5.41 Å². The van der Waals surface area contributed by atoms with Crippen LogP contribution in [-0.4, -0.2) is 48.3 Å². The maximum absolute atomic E-state index is 12.9. The van der Waals surface area contributed by atoms with Gasteiger partial charge < -0.3 is 10.2 Å². The molecule has 0 aromatic carbocycles. The van der Waals surface area contributed by atoms with Crippen molar-refractivity contribution in [3.8, 4) is 0 Å². The van der Waals surface area contributed by atoms with Crippen molar-refractivity contribution in [2.45, 2.75) is 30.8 Å². The lowest BCUT2D eigenvalue weighted by Crippen LogP contribution is -2.62. The molecule has 2 rings (SSSR count). The van der Waals surface area contributed by atoms with Crippen molar-refractivity contribution < 1.29 is 27.4 Å². The van der Waals surface area contributed by atoms with Gasteiger partial charge in [-0.2, -0.15) is 0 Å². The van der Waals surface area contributed by atoms with Gasteiger partial charge in [-0.05, 0) is 6.42 Å². The van der Waals surface area contributed by atoms with E-state index < -0.39 is 52.0 Å². The third-order valence-corrected chi connectivity index (χ3v) is 5.51. The lowest BCUT2D eigenvalue weighted by atomic mass is 9.57. The topological polar surface area (TPSA) is 74.6 Å². The predicted molar refractivity (Wildman–Crippen MR) is 51.9 cm³/mol. The van der Waals surface area contributed by atoms with E-state index in [-0.39, 0.29) is 12.2 Å². The summed E-state index contributed by atoms with van der Waals surface area (Å²) in [5.74, 6) is -3.61.